The Morgan fingerprint density at radius 2 is 1.83 bits per heavy atom. The number of aromatic nitrogens is 2. The monoisotopic (exact) mass is 309 g/mol. The summed E-state index contributed by atoms with van der Waals surface area (Å²) in [6.07, 6.45) is 1.48. The van der Waals surface area contributed by atoms with Crippen molar-refractivity contribution in [3.63, 3.8) is 0 Å². The summed E-state index contributed by atoms with van der Waals surface area (Å²) in [5.41, 5.74) is 3.31. The zero-order valence-electron chi connectivity index (χ0n) is 12.8. The molecular formula is C17H15N3O3. The van der Waals surface area contributed by atoms with Crippen LogP contribution in [0.4, 0.5) is 5.69 Å². The summed E-state index contributed by atoms with van der Waals surface area (Å²) >= 11 is 0. The summed E-state index contributed by atoms with van der Waals surface area (Å²) in [4.78, 5) is 27.2. The largest absolute Gasteiger partial charge is 0.294 e. The molecule has 2 aromatic carbocycles. The lowest BCUT2D eigenvalue weighted by molar-refractivity contribution is -0.384. The molecule has 0 aliphatic heterocycles. The number of nitrogens with zero attached hydrogens (tertiary/aromatic N) is 3. The minimum atomic E-state index is -0.514. The molecule has 0 aliphatic carbocycles. The van der Waals surface area contributed by atoms with Crippen LogP contribution in [0.25, 0.3) is 10.9 Å². The molecule has 0 atom stereocenters. The second-order valence-corrected chi connectivity index (χ2v) is 5.63. The van der Waals surface area contributed by atoms with Crippen LogP contribution in [-0.4, -0.2) is 14.5 Å². The molecule has 0 N–H and O–H groups in total. The van der Waals surface area contributed by atoms with Crippen molar-refractivity contribution in [3.8, 4) is 0 Å². The first kappa shape index (κ1) is 14.9. The van der Waals surface area contributed by atoms with Crippen molar-refractivity contribution in [2.75, 3.05) is 0 Å². The van der Waals surface area contributed by atoms with Gasteiger partial charge in [-0.15, -0.1) is 0 Å². The van der Waals surface area contributed by atoms with Crippen LogP contribution in [0.1, 0.15) is 16.7 Å². The molecule has 0 saturated carbocycles. The van der Waals surface area contributed by atoms with Gasteiger partial charge in [0.05, 0.1) is 28.7 Å². The van der Waals surface area contributed by atoms with E-state index in [1.165, 1.54) is 29.1 Å². The summed E-state index contributed by atoms with van der Waals surface area (Å²) in [5.74, 6) is 0. The smallest absolute Gasteiger partial charge is 0.270 e. The number of nitro groups is 1. The number of benzene rings is 2. The number of rotatable bonds is 3. The number of hydrogen-bond donors (Lipinski definition) is 0. The van der Waals surface area contributed by atoms with E-state index in [9.17, 15) is 14.9 Å². The number of non-ortho nitro benzene ring substituents is 1. The first-order valence-electron chi connectivity index (χ1n) is 7.15. The summed E-state index contributed by atoms with van der Waals surface area (Å²) < 4.78 is 1.47. The standard InChI is InChI=1S/C17H15N3O3/c1-11-5-12(2)7-13(6-11)9-19-10-18-16-4-3-14(20(22)23)8-15(16)17(19)21/h3-8,10H,9H2,1-2H3. The minimum Gasteiger partial charge on any atom is -0.294 e. The molecule has 0 bridgehead atoms. The maximum absolute atomic E-state index is 12.6. The van der Waals surface area contributed by atoms with Gasteiger partial charge in [0.2, 0.25) is 0 Å². The van der Waals surface area contributed by atoms with Gasteiger partial charge in [0.1, 0.15) is 0 Å². The fraction of sp³-hybridized carbons (Fsp3) is 0.176. The van der Waals surface area contributed by atoms with Crippen molar-refractivity contribution in [2.24, 2.45) is 0 Å². The fourth-order valence-corrected chi connectivity index (χ4v) is 2.73. The van der Waals surface area contributed by atoms with E-state index in [-0.39, 0.29) is 16.6 Å². The third-order valence-corrected chi connectivity index (χ3v) is 3.65. The van der Waals surface area contributed by atoms with Crippen molar-refractivity contribution in [1.29, 1.82) is 0 Å². The van der Waals surface area contributed by atoms with Crippen LogP contribution < -0.4 is 5.56 Å². The first-order chi connectivity index (χ1) is 10.9. The SMILES string of the molecule is Cc1cc(C)cc(Cn2cnc3ccc([N+](=O)[O-])cc3c2=O)c1. The summed E-state index contributed by atoms with van der Waals surface area (Å²) in [6.45, 7) is 4.38. The first-order valence-corrected chi connectivity index (χ1v) is 7.15. The molecule has 0 radical (unpaired) electrons. The van der Waals surface area contributed by atoms with Crippen LogP contribution in [0, 0.1) is 24.0 Å². The molecule has 6 nitrogen and oxygen atoms in total. The Morgan fingerprint density at radius 3 is 2.48 bits per heavy atom. The van der Waals surface area contributed by atoms with Gasteiger partial charge in [-0.3, -0.25) is 19.5 Å². The van der Waals surface area contributed by atoms with Crippen molar-refractivity contribution in [1.82, 2.24) is 9.55 Å². The number of fused-ring (bicyclic) bond motifs is 1. The molecule has 116 valence electrons. The molecule has 3 rings (SSSR count). The summed E-state index contributed by atoms with van der Waals surface area (Å²) in [5, 5.41) is 11.1. The Labute approximate surface area is 132 Å². The Hall–Kier alpha value is -3.02. The third kappa shape index (κ3) is 2.96. The molecule has 0 unspecified atom stereocenters. The predicted molar refractivity (Wildman–Crippen MR) is 87.7 cm³/mol. The van der Waals surface area contributed by atoms with Gasteiger partial charge >= 0.3 is 0 Å². The topological polar surface area (TPSA) is 78.0 Å². The summed E-state index contributed by atoms with van der Waals surface area (Å²) in [7, 11) is 0. The third-order valence-electron chi connectivity index (χ3n) is 3.65. The van der Waals surface area contributed by atoms with E-state index in [4.69, 9.17) is 0 Å². The Kier molecular flexibility index (Phi) is 3.65. The second-order valence-electron chi connectivity index (χ2n) is 5.63. The van der Waals surface area contributed by atoms with Crippen LogP contribution >= 0.6 is 0 Å². The maximum Gasteiger partial charge on any atom is 0.270 e. The van der Waals surface area contributed by atoms with E-state index in [2.05, 4.69) is 11.1 Å². The lowest BCUT2D eigenvalue weighted by Crippen LogP contribution is -2.21. The van der Waals surface area contributed by atoms with E-state index >= 15 is 0 Å². The Morgan fingerprint density at radius 1 is 1.13 bits per heavy atom. The van der Waals surface area contributed by atoms with E-state index in [1.807, 2.05) is 26.0 Å². The molecule has 0 amide bonds. The van der Waals surface area contributed by atoms with Crippen LogP contribution in [0.3, 0.4) is 0 Å². The van der Waals surface area contributed by atoms with Crippen LogP contribution in [-0.2, 0) is 6.54 Å². The fourth-order valence-electron chi connectivity index (χ4n) is 2.73. The van der Waals surface area contributed by atoms with Crippen LogP contribution in [0.5, 0.6) is 0 Å². The van der Waals surface area contributed by atoms with E-state index in [0.717, 1.165) is 16.7 Å². The molecule has 0 fully saturated rings. The molecule has 0 spiro atoms. The normalized spacial score (nSPS) is 10.9. The molecule has 1 aromatic heterocycles. The van der Waals surface area contributed by atoms with E-state index in [1.54, 1.807) is 0 Å². The lowest BCUT2D eigenvalue weighted by Gasteiger charge is -2.08. The van der Waals surface area contributed by atoms with Crippen molar-refractivity contribution >= 4 is 16.6 Å². The van der Waals surface area contributed by atoms with Crippen molar-refractivity contribution in [2.45, 2.75) is 20.4 Å². The minimum absolute atomic E-state index is 0.111. The highest BCUT2D eigenvalue weighted by atomic mass is 16.6. The zero-order chi connectivity index (χ0) is 16.6. The highest BCUT2D eigenvalue weighted by Gasteiger charge is 2.11. The molecule has 0 saturated heterocycles. The second kappa shape index (κ2) is 5.64. The molecule has 6 heteroatoms. The lowest BCUT2D eigenvalue weighted by atomic mass is 10.1. The highest BCUT2D eigenvalue weighted by molar-refractivity contribution is 5.79. The molecule has 1 heterocycles. The van der Waals surface area contributed by atoms with Gasteiger partial charge in [0.25, 0.3) is 11.2 Å². The van der Waals surface area contributed by atoms with Crippen LogP contribution in [0.15, 0.2) is 47.5 Å². The number of nitro benzene ring substituents is 1. The molecular weight excluding hydrogens is 294 g/mol. The molecule has 23 heavy (non-hydrogen) atoms. The average molecular weight is 309 g/mol. The Bertz CT molecular complexity index is 956. The Balaban J connectivity index is 2.09. The van der Waals surface area contributed by atoms with Crippen LogP contribution in [0.2, 0.25) is 0 Å². The van der Waals surface area contributed by atoms with Gasteiger partial charge in [-0.05, 0) is 25.5 Å². The molecule has 3 aromatic rings. The molecule has 0 aliphatic rings. The van der Waals surface area contributed by atoms with Gasteiger partial charge in [-0.25, -0.2) is 4.98 Å². The van der Waals surface area contributed by atoms with Gasteiger partial charge in [0.15, 0.2) is 0 Å². The van der Waals surface area contributed by atoms with Gasteiger partial charge in [0, 0.05) is 12.1 Å². The maximum atomic E-state index is 12.6. The highest BCUT2D eigenvalue weighted by Crippen LogP contribution is 2.16. The van der Waals surface area contributed by atoms with Gasteiger partial charge < -0.3 is 0 Å². The number of aryl methyl sites for hydroxylation is 2. The van der Waals surface area contributed by atoms with Crippen molar-refractivity contribution < 1.29 is 4.92 Å². The average Bonchev–Trinajstić information content (AvgIpc) is 2.49. The quantitative estimate of drug-likeness (QED) is 0.550. The van der Waals surface area contributed by atoms with Gasteiger partial charge in [-0.2, -0.15) is 0 Å². The predicted octanol–water partition coefficient (Wildman–Crippen LogP) is 2.97. The van der Waals surface area contributed by atoms with Crippen molar-refractivity contribution in [3.05, 3.63) is 79.9 Å². The van der Waals surface area contributed by atoms with E-state index < -0.39 is 4.92 Å². The number of hydrogen-bond acceptors (Lipinski definition) is 4. The zero-order valence-corrected chi connectivity index (χ0v) is 12.8. The van der Waals surface area contributed by atoms with E-state index in [0.29, 0.717) is 12.1 Å². The summed E-state index contributed by atoms with van der Waals surface area (Å²) in [6, 6.07) is 10.2. The van der Waals surface area contributed by atoms with Gasteiger partial charge in [-0.1, -0.05) is 29.3 Å².